The van der Waals surface area contributed by atoms with Gasteiger partial charge in [0.2, 0.25) is 5.91 Å². The van der Waals surface area contributed by atoms with Crippen molar-refractivity contribution in [1.29, 1.82) is 0 Å². The van der Waals surface area contributed by atoms with Crippen LogP contribution in [0.4, 0.5) is 11.4 Å². The van der Waals surface area contributed by atoms with Crippen LogP contribution in [0.25, 0.3) is 0 Å². The molecule has 0 radical (unpaired) electrons. The minimum Gasteiger partial charge on any atom is -0.494 e. The molecule has 0 atom stereocenters. The summed E-state index contributed by atoms with van der Waals surface area (Å²) < 4.78 is 5.70. The number of hydrogen-bond acceptors (Lipinski definition) is 4. The fraction of sp³-hybridized carbons (Fsp3) is 0.417. The van der Waals surface area contributed by atoms with Crippen molar-refractivity contribution in [3.63, 3.8) is 0 Å². The van der Waals surface area contributed by atoms with Gasteiger partial charge >= 0.3 is 0 Å². The minimum atomic E-state index is -0.147. The molecule has 2 aromatic rings. The van der Waals surface area contributed by atoms with E-state index < -0.39 is 0 Å². The van der Waals surface area contributed by atoms with Crippen molar-refractivity contribution in [2.45, 2.75) is 33.1 Å². The van der Waals surface area contributed by atoms with Gasteiger partial charge in [0, 0.05) is 30.0 Å². The zero-order valence-corrected chi connectivity index (χ0v) is 17.8. The summed E-state index contributed by atoms with van der Waals surface area (Å²) in [6.07, 6.45) is 3.16. The molecule has 1 heterocycles. The Bertz CT molecular complexity index is 826. The summed E-state index contributed by atoms with van der Waals surface area (Å²) in [5, 5.41) is 5.95. The standard InChI is InChI=1S/C24H31N3O3/c1-18(2)13-16-30-22-11-9-20(10-12-22)25-17-23(28)26-21-7-5-19(6-8-21)24(29)27-14-3-4-15-27/h5-12,18,25H,3-4,13-17H2,1-2H3,(H,26,28). The van der Waals surface area contributed by atoms with Crippen LogP contribution >= 0.6 is 0 Å². The van der Waals surface area contributed by atoms with Crippen molar-refractivity contribution < 1.29 is 14.3 Å². The smallest absolute Gasteiger partial charge is 0.253 e. The summed E-state index contributed by atoms with van der Waals surface area (Å²) in [6.45, 7) is 6.85. The minimum absolute atomic E-state index is 0.0590. The molecule has 1 aliphatic rings. The van der Waals surface area contributed by atoms with Crippen molar-refractivity contribution in [1.82, 2.24) is 4.90 Å². The maximum atomic E-state index is 12.4. The molecule has 2 aromatic carbocycles. The summed E-state index contributed by atoms with van der Waals surface area (Å²) in [4.78, 5) is 26.5. The Kier molecular flexibility index (Phi) is 7.71. The predicted molar refractivity (Wildman–Crippen MR) is 120 cm³/mol. The molecule has 2 amide bonds. The number of rotatable bonds is 9. The first kappa shape index (κ1) is 21.7. The van der Waals surface area contributed by atoms with Gasteiger partial charge < -0.3 is 20.3 Å². The summed E-state index contributed by atoms with van der Waals surface area (Å²) in [7, 11) is 0. The number of likely N-dealkylation sites (tertiary alicyclic amines) is 1. The second-order valence-electron chi connectivity index (χ2n) is 8.03. The molecule has 0 aromatic heterocycles. The number of carbonyl (C=O) groups is 2. The topological polar surface area (TPSA) is 70.7 Å². The Balaban J connectivity index is 1.42. The largest absolute Gasteiger partial charge is 0.494 e. The molecule has 2 N–H and O–H groups in total. The summed E-state index contributed by atoms with van der Waals surface area (Å²) in [5.74, 6) is 1.36. The van der Waals surface area contributed by atoms with Crippen LogP contribution in [0.1, 0.15) is 43.5 Å². The highest BCUT2D eigenvalue weighted by molar-refractivity contribution is 5.96. The van der Waals surface area contributed by atoms with Gasteiger partial charge in [0.05, 0.1) is 13.2 Å². The Morgan fingerprint density at radius 3 is 2.23 bits per heavy atom. The van der Waals surface area contributed by atoms with Gasteiger partial charge in [-0.2, -0.15) is 0 Å². The first-order valence-electron chi connectivity index (χ1n) is 10.7. The maximum Gasteiger partial charge on any atom is 0.253 e. The van der Waals surface area contributed by atoms with E-state index in [0.717, 1.165) is 43.8 Å². The lowest BCUT2D eigenvalue weighted by Gasteiger charge is -2.15. The van der Waals surface area contributed by atoms with Crippen LogP contribution in [-0.4, -0.2) is 43.0 Å². The van der Waals surface area contributed by atoms with Gasteiger partial charge in [-0.3, -0.25) is 9.59 Å². The number of nitrogens with one attached hydrogen (secondary N) is 2. The van der Waals surface area contributed by atoms with Gasteiger partial charge in [-0.25, -0.2) is 0 Å². The average Bonchev–Trinajstić information content (AvgIpc) is 3.28. The molecular weight excluding hydrogens is 378 g/mol. The highest BCUT2D eigenvalue weighted by atomic mass is 16.5. The molecule has 0 bridgehead atoms. The van der Waals surface area contributed by atoms with Crippen LogP contribution < -0.4 is 15.4 Å². The van der Waals surface area contributed by atoms with Gasteiger partial charge in [-0.15, -0.1) is 0 Å². The Morgan fingerprint density at radius 1 is 0.967 bits per heavy atom. The fourth-order valence-corrected chi connectivity index (χ4v) is 3.27. The molecule has 0 saturated carbocycles. The molecule has 3 rings (SSSR count). The molecule has 1 aliphatic heterocycles. The molecule has 6 nitrogen and oxygen atoms in total. The molecule has 6 heteroatoms. The van der Waals surface area contributed by atoms with Crippen molar-refractivity contribution in [2.75, 3.05) is 36.9 Å². The monoisotopic (exact) mass is 409 g/mol. The predicted octanol–water partition coefficient (Wildman–Crippen LogP) is 4.40. The van der Waals surface area contributed by atoms with Crippen molar-refractivity contribution in [3.05, 3.63) is 54.1 Å². The summed E-state index contributed by atoms with van der Waals surface area (Å²) in [6, 6.07) is 14.7. The van der Waals surface area contributed by atoms with Crippen molar-refractivity contribution >= 4 is 23.2 Å². The highest BCUT2D eigenvalue weighted by Crippen LogP contribution is 2.17. The molecule has 1 fully saturated rings. The molecule has 0 unspecified atom stereocenters. The van der Waals surface area contributed by atoms with E-state index >= 15 is 0 Å². The lowest BCUT2D eigenvalue weighted by molar-refractivity contribution is -0.114. The van der Waals surface area contributed by atoms with Crippen LogP contribution in [0, 0.1) is 5.92 Å². The fourth-order valence-electron chi connectivity index (χ4n) is 3.27. The van der Waals surface area contributed by atoms with Crippen LogP contribution in [0.15, 0.2) is 48.5 Å². The van der Waals surface area contributed by atoms with Gasteiger partial charge in [0.15, 0.2) is 0 Å². The van der Waals surface area contributed by atoms with Crippen LogP contribution in [0.2, 0.25) is 0 Å². The second kappa shape index (κ2) is 10.7. The number of amides is 2. The number of hydrogen-bond donors (Lipinski definition) is 2. The molecule has 0 spiro atoms. The SMILES string of the molecule is CC(C)CCOc1ccc(NCC(=O)Nc2ccc(C(=O)N3CCCC3)cc2)cc1. The number of anilines is 2. The quantitative estimate of drug-likeness (QED) is 0.644. The normalized spacial score (nSPS) is 13.4. The third-order valence-electron chi connectivity index (χ3n) is 5.08. The highest BCUT2D eigenvalue weighted by Gasteiger charge is 2.19. The van der Waals surface area contributed by atoms with Crippen molar-refractivity contribution in [2.24, 2.45) is 5.92 Å². The lowest BCUT2D eigenvalue weighted by Crippen LogP contribution is -2.27. The zero-order valence-electron chi connectivity index (χ0n) is 17.8. The Hall–Kier alpha value is -3.02. The molecule has 30 heavy (non-hydrogen) atoms. The third kappa shape index (κ3) is 6.51. The Morgan fingerprint density at radius 2 is 1.60 bits per heavy atom. The van der Waals surface area contributed by atoms with Gasteiger partial charge in [-0.05, 0) is 73.7 Å². The number of carbonyl (C=O) groups excluding carboxylic acids is 2. The lowest BCUT2D eigenvalue weighted by atomic mass is 10.1. The van der Waals surface area contributed by atoms with Crippen molar-refractivity contribution in [3.8, 4) is 5.75 Å². The molecular formula is C24H31N3O3. The number of benzene rings is 2. The number of ether oxygens (including phenoxy) is 1. The van der Waals surface area contributed by atoms with Crippen LogP contribution in [-0.2, 0) is 4.79 Å². The van der Waals surface area contributed by atoms with Gasteiger partial charge in [0.25, 0.3) is 5.91 Å². The van der Waals surface area contributed by atoms with Crippen LogP contribution in [0.3, 0.4) is 0 Å². The van der Waals surface area contributed by atoms with E-state index in [1.165, 1.54) is 0 Å². The maximum absolute atomic E-state index is 12.4. The second-order valence-corrected chi connectivity index (χ2v) is 8.03. The van der Waals surface area contributed by atoms with E-state index in [2.05, 4.69) is 24.5 Å². The average molecular weight is 410 g/mol. The number of nitrogens with zero attached hydrogens (tertiary/aromatic N) is 1. The molecule has 160 valence electrons. The first-order chi connectivity index (χ1) is 14.5. The summed E-state index contributed by atoms with van der Waals surface area (Å²) in [5.41, 5.74) is 2.19. The van der Waals surface area contributed by atoms with E-state index in [1.807, 2.05) is 29.2 Å². The van der Waals surface area contributed by atoms with Gasteiger partial charge in [-0.1, -0.05) is 13.8 Å². The van der Waals surface area contributed by atoms with Crippen LogP contribution in [0.5, 0.6) is 5.75 Å². The summed E-state index contributed by atoms with van der Waals surface area (Å²) >= 11 is 0. The van der Waals surface area contributed by atoms with E-state index in [9.17, 15) is 9.59 Å². The Labute approximate surface area is 178 Å². The molecule has 1 saturated heterocycles. The van der Waals surface area contributed by atoms with E-state index in [0.29, 0.717) is 23.8 Å². The third-order valence-corrected chi connectivity index (χ3v) is 5.08. The first-order valence-corrected chi connectivity index (χ1v) is 10.7. The zero-order chi connectivity index (χ0) is 21.3. The van der Waals surface area contributed by atoms with E-state index in [4.69, 9.17) is 4.74 Å². The van der Waals surface area contributed by atoms with Gasteiger partial charge in [0.1, 0.15) is 5.75 Å². The molecule has 0 aliphatic carbocycles. The van der Waals surface area contributed by atoms with E-state index in [1.54, 1.807) is 24.3 Å². The van der Waals surface area contributed by atoms with E-state index in [-0.39, 0.29) is 18.4 Å².